The van der Waals surface area contributed by atoms with E-state index in [9.17, 15) is 5.11 Å². The first kappa shape index (κ1) is 11.1. The van der Waals surface area contributed by atoms with Crippen LogP contribution in [-0.4, -0.2) is 9.67 Å². The van der Waals surface area contributed by atoms with Crippen molar-refractivity contribution < 1.29 is 5.11 Å². The van der Waals surface area contributed by atoms with Gasteiger partial charge in [0.15, 0.2) is 0 Å². The number of hydrogen-bond donors (Lipinski definition) is 1. The molecule has 96 valence electrons. The molecule has 20 heavy (non-hydrogen) atoms. The molecular formula is C18H13NO. The molecule has 0 aliphatic carbocycles. The number of rotatable bonds is 1. The fourth-order valence-electron chi connectivity index (χ4n) is 2.82. The molecule has 2 nitrogen and oxygen atoms in total. The highest BCUT2D eigenvalue weighted by atomic mass is 16.3. The van der Waals surface area contributed by atoms with Gasteiger partial charge in [0.2, 0.25) is 0 Å². The number of hydrogen-bond acceptors (Lipinski definition) is 1. The van der Waals surface area contributed by atoms with E-state index in [0.717, 1.165) is 27.5 Å². The monoisotopic (exact) mass is 259 g/mol. The molecule has 1 aromatic heterocycles. The Labute approximate surface area is 116 Å². The van der Waals surface area contributed by atoms with E-state index >= 15 is 0 Å². The number of phenols is 1. The molecule has 0 atom stereocenters. The summed E-state index contributed by atoms with van der Waals surface area (Å²) in [6.07, 6.45) is 0. The number of phenolic OH excluding ortho intramolecular Hbond substituents is 1. The summed E-state index contributed by atoms with van der Waals surface area (Å²) in [5.74, 6) is 0.300. The molecule has 2 heteroatoms. The molecule has 3 aromatic carbocycles. The van der Waals surface area contributed by atoms with Crippen LogP contribution in [0.25, 0.3) is 27.5 Å². The molecule has 1 heterocycles. The van der Waals surface area contributed by atoms with Crippen molar-refractivity contribution in [2.24, 2.45) is 0 Å². The third-order valence-electron chi connectivity index (χ3n) is 3.67. The van der Waals surface area contributed by atoms with Crippen molar-refractivity contribution >= 4 is 21.8 Å². The maximum Gasteiger partial charge on any atom is 0.116 e. The summed E-state index contributed by atoms with van der Waals surface area (Å²) in [5, 5.41) is 12.0. The van der Waals surface area contributed by atoms with Crippen LogP contribution in [-0.2, 0) is 0 Å². The quantitative estimate of drug-likeness (QED) is 0.535. The standard InChI is InChI=1S/C18H13NO/c20-14-10-11-18-16(12-14)15-8-4-5-9-17(15)19(18)13-6-2-1-3-7-13/h1-12,20H. The maximum atomic E-state index is 9.76. The summed E-state index contributed by atoms with van der Waals surface area (Å²) in [5.41, 5.74) is 3.39. The molecule has 0 aliphatic rings. The summed E-state index contributed by atoms with van der Waals surface area (Å²) in [7, 11) is 0. The zero-order valence-electron chi connectivity index (χ0n) is 10.8. The van der Waals surface area contributed by atoms with Crippen molar-refractivity contribution in [1.29, 1.82) is 0 Å². The van der Waals surface area contributed by atoms with Gasteiger partial charge in [-0.2, -0.15) is 0 Å². The van der Waals surface area contributed by atoms with E-state index in [1.54, 1.807) is 6.07 Å². The zero-order valence-corrected chi connectivity index (χ0v) is 10.8. The number of aromatic nitrogens is 1. The molecule has 4 rings (SSSR count). The van der Waals surface area contributed by atoms with Gasteiger partial charge in [-0.15, -0.1) is 0 Å². The highest BCUT2D eigenvalue weighted by Gasteiger charge is 2.11. The normalized spacial score (nSPS) is 11.2. The Morgan fingerprint density at radius 1 is 0.650 bits per heavy atom. The van der Waals surface area contributed by atoms with Crippen LogP contribution in [0.15, 0.2) is 72.8 Å². The van der Waals surface area contributed by atoms with Crippen LogP contribution in [0.5, 0.6) is 5.75 Å². The number of benzene rings is 3. The van der Waals surface area contributed by atoms with Gasteiger partial charge in [0, 0.05) is 16.5 Å². The lowest BCUT2D eigenvalue weighted by Gasteiger charge is -2.07. The van der Waals surface area contributed by atoms with Gasteiger partial charge in [0.1, 0.15) is 5.75 Å². The Bertz CT molecular complexity index is 907. The molecule has 0 fully saturated rings. The summed E-state index contributed by atoms with van der Waals surface area (Å²) < 4.78 is 2.23. The fraction of sp³-hybridized carbons (Fsp3) is 0. The first-order chi connectivity index (χ1) is 9.84. The highest BCUT2D eigenvalue weighted by molar-refractivity contribution is 6.09. The Morgan fingerprint density at radius 2 is 1.35 bits per heavy atom. The van der Waals surface area contributed by atoms with E-state index in [2.05, 4.69) is 28.8 Å². The van der Waals surface area contributed by atoms with Gasteiger partial charge in [-0.1, -0.05) is 36.4 Å². The number of fused-ring (bicyclic) bond motifs is 3. The lowest BCUT2D eigenvalue weighted by molar-refractivity contribution is 0.476. The van der Waals surface area contributed by atoms with Crippen molar-refractivity contribution in [2.75, 3.05) is 0 Å². The van der Waals surface area contributed by atoms with Crippen LogP contribution in [0.3, 0.4) is 0 Å². The third-order valence-corrected chi connectivity index (χ3v) is 3.67. The minimum Gasteiger partial charge on any atom is -0.508 e. The predicted molar refractivity (Wildman–Crippen MR) is 82.4 cm³/mol. The first-order valence-corrected chi connectivity index (χ1v) is 6.62. The smallest absolute Gasteiger partial charge is 0.116 e. The van der Waals surface area contributed by atoms with Gasteiger partial charge in [-0.05, 0) is 36.4 Å². The minimum atomic E-state index is 0.300. The minimum absolute atomic E-state index is 0.300. The molecule has 1 N–H and O–H groups in total. The van der Waals surface area contributed by atoms with E-state index in [4.69, 9.17) is 0 Å². The summed E-state index contributed by atoms with van der Waals surface area (Å²) in [6, 6.07) is 24.1. The summed E-state index contributed by atoms with van der Waals surface area (Å²) >= 11 is 0. The van der Waals surface area contributed by atoms with E-state index in [-0.39, 0.29) is 0 Å². The van der Waals surface area contributed by atoms with E-state index in [1.165, 1.54) is 0 Å². The Morgan fingerprint density at radius 3 is 2.20 bits per heavy atom. The molecule has 0 spiro atoms. The van der Waals surface area contributed by atoms with Crippen molar-refractivity contribution in [1.82, 2.24) is 4.57 Å². The van der Waals surface area contributed by atoms with Gasteiger partial charge in [-0.3, -0.25) is 0 Å². The van der Waals surface area contributed by atoms with Gasteiger partial charge in [-0.25, -0.2) is 0 Å². The average Bonchev–Trinajstić information content (AvgIpc) is 2.82. The lowest BCUT2D eigenvalue weighted by Crippen LogP contribution is -1.92. The second-order valence-electron chi connectivity index (χ2n) is 4.89. The second kappa shape index (κ2) is 4.14. The number of para-hydroxylation sites is 2. The Hall–Kier alpha value is -2.74. The molecular weight excluding hydrogens is 246 g/mol. The lowest BCUT2D eigenvalue weighted by atomic mass is 10.1. The molecule has 0 saturated carbocycles. The summed E-state index contributed by atoms with van der Waals surface area (Å²) in [6.45, 7) is 0. The maximum absolute atomic E-state index is 9.76. The van der Waals surface area contributed by atoms with Crippen molar-refractivity contribution in [3.05, 3.63) is 72.8 Å². The van der Waals surface area contributed by atoms with Crippen LogP contribution < -0.4 is 0 Å². The SMILES string of the molecule is Oc1ccc2c(c1)c1ccccc1n2-c1ccccc1. The highest BCUT2D eigenvalue weighted by Crippen LogP contribution is 2.33. The molecule has 0 radical (unpaired) electrons. The summed E-state index contributed by atoms with van der Waals surface area (Å²) in [4.78, 5) is 0. The van der Waals surface area contributed by atoms with Crippen LogP contribution in [0, 0.1) is 0 Å². The average molecular weight is 259 g/mol. The predicted octanol–water partition coefficient (Wildman–Crippen LogP) is 4.49. The van der Waals surface area contributed by atoms with Crippen molar-refractivity contribution in [2.45, 2.75) is 0 Å². The van der Waals surface area contributed by atoms with Gasteiger partial charge in [0.05, 0.1) is 11.0 Å². The molecule has 0 aliphatic heterocycles. The van der Waals surface area contributed by atoms with E-state index in [0.29, 0.717) is 5.75 Å². The molecule has 0 saturated heterocycles. The van der Waals surface area contributed by atoms with Gasteiger partial charge in [0.25, 0.3) is 0 Å². The van der Waals surface area contributed by atoms with Crippen molar-refractivity contribution in [3.63, 3.8) is 0 Å². The Kier molecular flexibility index (Phi) is 2.30. The van der Waals surface area contributed by atoms with Gasteiger partial charge >= 0.3 is 0 Å². The second-order valence-corrected chi connectivity index (χ2v) is 4.89. The fourth-order valence-corrected chi connectivity index (χ4v) is 2.82. The first-order valence-electron chi connectivity index (χ1n) is 6.62. The number of nitrogens with zero attached hydrogens (tertiary/aromatic N) is 1. The van der Waals surface area contributed by atoms with E-state index < -0.39 is 0 Å². The van der Waals surface area contributed by atoms with Crippen LogP contribution >= 0.6 is 0 Å². The topological polar surface area (TPSA) is 25.2 Å². The largest absolute Gasteiger partial charge is 0.508 e. The third kappa shape index (κ3) is 1.51. The van der Waals surface area contributed by atoms with E-state index in [1.807, 2.05) is 42.5 Å². The van der Waals surface area contributed by atoms with Crippen LogP contribution in [0.1, 0.15) is 0 Å². The molecule has 0 unspecified atom stereocenters. The van der Waals surface area contributed by atoms with Crippen LogP contribution in [0.2, 0.25) is 0 Å². The Balaban J connectivity index is 2.22. The van der Waals surface area contributed by atoms with Crippen molar-refractivity contribution in [3.8, 4) is 11.4 Å². The number of aromatic hydroxyl groups is 1. The van der Waals surface area contributed by atoms with Gasteiger partial charge < -0.3 is 9.67 Å². The molecule has 0 bridgehead atoms. The zero-order chi connectivity index (χ0) is 13.5. The molecule has 0 amide bonds. The van der Waals surface area contributed by atoms with Crippen LogP contribution in [0.4, 0.5) is 0 Å². The molecule has 4 aromatic rings.